The van der Waals surface area contributed by atoms with Crippen molar-refractivity contribution in [3.05, 3.63) is 33.8 Å². The molecule has 0 aromatic heterocycles. The van der Waals surface area contributed by atoms with E-state index in [2.05, 4.69) is 0 Å². The van der Waals surface area contributed by atoms with Crippen LogP contribution >= 0.6 is 23.2 Å². The fourth-order valence-corrected chi connectivity index (χ4v) is 1.86. The van der Waals surface area contributed by atoms with Gasteiger partial charge in [-0.2, -0.15) is 0 Å². The molecule has 0 saturated heterocycles. The van der Waals surface area contributed by atoms with Crippen LogP contribution in [0.4, 0.5) is 0 Å². The highest BCUT2D eigenvalue weighted by Crippen LogP contribution is 2.28. The third-order valence-corrected chi connectivity index (χ3v) is 3.16. The number of rotatable bonds is 5. The van der Waals surface area contributed by atoms with Crippen LogP contribution in [0.15, 0.2) is 18.2 Å². The Morgan fingerprint density at radius 1 is 1.25 bits per heavy atom. The van der Waals surface area contributed by atoms with Gasteiger partial charge in [0.15, 0.2) is 0 Å². The Hall–Kier alpha value is -0.280. The van der Waals surface area contributed by atoms with Crippen molar-refractivity contribution < 1.29 is 9.84 Å². The molecule has 0 fully saturated rings. The maximum absolute atomic E-state index is 10.1. The van der Waals surface area contributed by atoms with E-state index in [0.29, 0.717) is 16.7 Å². The molecule has 0 spiro atoms. The molecule has 1 aromatic carbocycles. The first-order valence-electron chi connectivity index (χ1n) is 5.34. The van der Waals surface area contributed by atoms with E-state index in [1.54, 1.807) is 18.2 Å². The van der Waals surface area contributed by atoms with Crippen LogP contribution in [-0.4, -0.2) is 17.8 Å². The van der Waals surface area contributed by atoms with Crippen molar-refractivity contribution in [2.24, 2.45) is 0 Å². The van der Waals surface area contributed by atoms with E-state index < -0.39 is 6.10 Å². The average Bonchev–Trinajstić information content (AvgIpc) is 2.28. The van der Waals surface area contributed by atoms with Crippen molar-refractivity contribution in [1.82, 2.24) is 0 Å². The third-order valence-electron chi connectivity index (χ3n) is 2.42. The van der Waals surface area contributed by atoms with Crippen LogP contribution in [0, 0.1) is 0 Å². The minimum Gasteiger partial charge on any atom is -0.386 e. The van der Waals surface area contributed by atoms with Crippen molar-refractivity contribution in [1.29, 1.82) is 0 Å². The Kier molecular flexibility index (Phi) is 5.56. The Labute approximate surface area is 106 Å². The number of aliphatic hydroxyl groups excluding tert-OH is 1. The second-order valence-electron chi connectivity index (χ2n) is 3.52. The van der Waals surface area contributed by atoms with Gasteiger partial charge < -0.3 is 9.84 Å². The van der Waals surface area contributed by atoms with E-state index in [1.165, 1.54) is 0 Å². The summed E-state index contributed by atoms with van der Waals surface area (Å²) in [7, 11) is 0. The van der Waals surface area contributed by atoms with Crippen molar-refractivity contribution in [2.45, 2.75) is 32.5 Å². The van der Waals surface area contributed by atoms with Crippen LogP contribution in [0.25, 0.3) is 0 Å². The van der Waals surface area contributed by atoms with E-state index in [-0.39, 0.29) is 6.10 Å². The van der Waals surface area contributed by atoms with Gasteiger partial charge in [0.2, 0.25) is 0 Å². The van der Waals surface area contributed by atoms with Crippen LogP contribution in [0.2, 0.25) is 10.0 Å². The maximum atomic E-state index is 10.1. The molecule has 0 aliphatic rings. The molecule has 2 unspecified atom stereocenters. The molecule has 2 atom stereocenters. The fourth-order valence-electron chi connectivity index (χ4n) is 1.56. The van der Waals surface area contributed by atoms with Crippen LogP contribution in [0.5, 0.6) is 0 Å². The third kappa shape index (κ3) is 3.36. The highest BCUT2D eigenvalue weighted by Gasteiger charge is 2.20. The lowest BCUT2D eigenvalue weighted by molar-refractivity contribution is -0.0355. The molecule has 0 aliphatic heterocycles. The average molecular weight is 263 g/mol. The van der Waals surface area contributed by atoms with Crippen molar-refractivity contribution in [2.75, 3.05) is 6.61 Å². The van der Waals surface area contributed by atoms with E-state index in [4.69, 9.17) is 27.9 Å². The summed E-state index contributed by atoms with van der Waals surface area (Å²) in [5.41, 5.74) is 0.731. The van der Waals surface area contributed by atoms with E-state index in [9.17, 15) is 5.11 Å². The number of hydrogen-bond acceptors (Lipinski definition) is 2. The molecule has 0 saturated carbocycles. The number of ether oxygens (including phenoxy) is 1. The SMILES string of the molecule is CCOC(CC)C(O)c1ccc(Cl)c(Cl)c1. The summed E-state index contributed by atoms with van der Waals surface area (Å²) in [6.07, 6.45) is -0.128. The summed E-state index contributed by atoms with van der Waals surface area (Å²) < 4.78 is 5.45. The van der Waals surface area contributed by atoms with E-state index in [0.717, 1.165) is 12.0 Å². The molecule has 4 heteroatoms. The summed E-state index contributed by atoms with van der Waals surface area (Å²) >= 11 is 11.7. The number of benzene rings is 1. The summed E-state index contributed by atoms with van der Waals surface area (Å²) in [4.78, 5) is 0. The van der Waals surface area contributed by atoms with E-state index >= 15 is 0 Å². The quantitative estimate of drug-likeness (QED) is 0.874. The minimum absolute atomic E-state index is 0.206. The molecule has 2 nitrogen and oxygen atoms in total. The van der Waals surface area contributed by atoms with Gasteiger partial charge in [0, 0.05) is 6.61 Å². The minimum atomic E-state index is -0.667. The largest absolute Gasteiger partial charge is 0.386 e. The summed E-state index contributed by atoms with van der Waals surface area (Å²) in [6, 6.07) is 5.12. The van der Waals surface area contributed by atoms with Crippen molar-refractivity contribution >= 4 is 23.2 Å². The van der Waals surface area contributed by atoms with E-state index in [1.807, 2.05) is 13.8 Å². The Morgan fingerprint density at radius 3 is 2.44 bits per heavy atom. The van der Waals surface area contributed by atoms with Crippen LogP contribution in [0.1, 0.15) is 31.9 Å². The number of aliphatic hydroxyl groups is 1. The smallest absolute Gasteiger partial charge is 0.105 e. The van der Waals surface area contributed by atoms with Crippen LogP contribution < -0.4 is 0 Å². The number of hydrogen-bond donors (Lipinski definition) is 1. The summed E-state index contributed by atoms with van der Waals surface area (Å²) in [5, 5.41) is 11.0. The molecule has 0 amide bonds. The Balaban J connectivity index is 2.85. The Morgan fingerprint density at radius 2 is 1.94 bits per heavy atom. The molecule has 0 radical (unpaired) electrons. The van der Waals surface area contributed by atoms with Gasteiger partial charge in [-0.15, -0.1) is 0 Å². The highest BCUT2D eigenvalue weighted by molar-refractivity contribution is 6.42. The zero-order chi connectivity index (χ0) is 12.1. The topological polar surface area (TPSA) is 29.5 Å². The Bertz CT molecular complexity index is 342. The molecule has 1 rings (SSSR count). The molecular formula is C12H16Cl2O2. The first-order valence-corrected chi connectivity index (χ1v) is 6.10. The first kappa shape index (κ1) is 13.8. The molecule has 90 valence electrons. The molecule has 1 aromatic rings. The zero-order valence-corrected chi connectivity index (χ0v) is 10.9. The highest BCUT2D eigenvalue weighted by atomic mass is 35.5. The molecule has 1 N–H and O–H groups in total. The van der Waals surface area contributed by atoms with Gasteiger partial charge in [-0.05, 0) is 31.0 Å². The monoisotopic (exact) mass is 262 g/mol. The normalized spacial score (nSPS) is 14.8. The molecular weight excluding hydrogens is 247 g/mol. The molecule has 16 heavy (non-hydrogen) atoms. The second-order valence-corrected chi connectivity index (χ2v) is 4.33. The second kappa shape index (κ2) is 6.45. The van der Waals surface area contributed by atoms with Gasteiger partial charge >= 0.3 is 0 Å². The van der Waals surface area contributed by atoms with Gasteiger partial charge in [-0.3, -0.25) is 0 Å². The van der Waals surface area contributed by atoms with Gasteiger partial charge in [-0.1, -0.05) is 36.2 Å². The predicted molar refractivity (Wildman–Crippen MR) is 67.1 cm³/mol. The zero-order valence-electron chi connectivity index (χ0n) is 9.41. The lowest BCUT2D eigenvalue weighted by atomic mass is 10.0. The van der Waals surface area contributed by atoms with Gasteiger partial charge in [0.05, 0.1) is 16.1 Å². The maximum Gasteiger partial charge on any atom is 0.105 e. The lowest BCUT2D eigenvalue weighted by Gasteiger charge is -2.22. The summed E-state index contributed by atoms with van der Waals surface area (Å²) in [6.45, 7) is 4.46. The van der Waals surface area contributed by atoms with Gasteiger partial charge in [0.1, 0.15) is 6.10 Å². The standard InChI is InChI=1S/C12H16Cl2O2/c1-3-11(16-4-2)12(15)8-5-6-9(13)10(14)7-8/h5-7,11-12,15H,3-4H2,1-2H3. The molecule has 0 aliphatic carbocycles. The first-order chi connectivity index (χ1) is 7.60. The van der Waals surface area contributed by atoms with Crippen molar-refractivity contribution in [3.63, 3.8) is 0 Å². The van der Waals surface area contributed by atoms with Crippen LogP contribution in [-0.2, 0) is 4.74 Å². The molecule has 0 heterocycles. The number of halogens is 2. The van der Waals surface area contributed by atoms with Gasteiger partial charge in [0.25, 0.3) is 0 Å². The fraction of sp³-hybridized carbons (Fsp3) is 0.500. The van der Waals surface area contributed by atoms with Crippen molar-refractivity contribution in [3.8, 4) is 0 Å². The van der Waals surface area contributed by atoms with Gasteiger partial charge in [-0.25, -0.2) is 0 Å². The van der Waals surface area contributed by atoms with Crippen LogP contribution in [0.3, 0.4) is 0 Å². The predicted octanol–water partition coefficient (Wildman–Crippen LogP) is 3.84. The molecule has 0 bridgehead atoms. The summed E-state index contributed by atoms with van der Waals surface area (Å²) in [5.74, 6) is 0. The lowest BCUT2D eigenvalue weighted by Crippen LogP contribution is -2.21.